The number of aromatic nitrogens is 8. The van der Waals surface area contributed by atoms with E-state index in [1.165, 1.54) is 12.7 Å². The Morgan fingerprint density at radius 1 is 0.955 bits per heavy atom. The van der Waals surface area contributed by atoms with Gasteiger partial charge in [0.1, 0.15) is 19.1 Å². The van der Waals surface area contributed by atoms with Crippen LogP contribution in [0.2, 0.25) is 0 Å². The standard InChI is InChI=1S/C12H12FN5O3P.C12H12FN5O2.Na.H2O/c1-2-12(5-20-22-19)4-3-7(21-12)18-6-15-8-9(14)16-11(13)17-10(8)18;1-2-12(5-19)4-3-7(20-12)18-6-15-8-9(14)16-11(13)17-10(8)18;;/h1,6-7,22H,3-5H2,(H2,14,16,17);1,6-7,19H,3-5H2,(H2,14,16,17);;1H2/q+1;;+1;/p-1/t2*7-,12+;;/m11../s1. The van der Waals surface area contributed by atoms with E-state index < -0.39 is 44.5 Å². The van der Waals surface area contributed by atoms with Crippen molar-refractivity contribution in [3.05, 3.63) is 24.8 Å². The minimum atomic E-state index is -1.02. The van der Waals surface area contributed by atoms with Crippen molar-refractivity contribution >= 4 is 42.7 Å². The van der Waals surface area contributed by atoms with Crippen LogP contribution >= 0.6 is 8.69 Å². The fraction of sp³-hybridized carbons (Fsp3) is 0.417. The molecule has 2 aliphatic rings. The number of nitrogens with zero attached hydrogens (tertiary/aromatic N) is 8. The maximum absolute atomic E-state index is 13.4. The van der Waals surface area contributed by atoms with Crippen LogP contribution in [0.4, 0.5) is 20.4 Å². The Bertz CT molecular complexity index is 1750. The zero-order valence-electron chi connectivity index (χ0n) is 23.2. The van der Waals surface area contributed by atoms with Crippen molar-refractivity contribution < 1.29 is 67.5 Å². The second-order valence-corrected chi connectivity index (χ2v) is 9.89. The molecular weight excluding hydrogens is 616 g/mol. The summed E-state index contributed by atoms with van der Waals surface area (Å²) in [6, 6.07) is 0. The van der Waals surface area contributed by atoms with Gasteiger partial charge in [0, 0.05) is 0 Å². The van der Waals surface area contributed by atoms with Crippen molar-refractivity contribution in [1.82, 2.24) is 39.0 Å². The van der Waals surface area contributed by atoms with Crippen molar-refractivity contribution in [3.63, 3.8) is 0 Å². The topological polar surface area (TPSA) is 234 Å². The Kier molecular flexibility index (Phi) is 11.3. The van der Waals surface area contributed by atoms with Gasteiger partial charge >= 0.3 is 50.4 Å². The fourth-order valence-electron chi connectivity index (χ4n) is 4.77. The molecule has 2 fully saturated rings. The molecule has 0 spiro atoms. The van der Waals surface area contributed by atoms with Gasteiger partial charge in [0.05, 0.1) is 19.3 Å². The molecular formula is C24H25F2N10NaO6P+. The second kappa shape index (κ2) is 14.1. The van der Waals surface area contributed by atoms with E-state index in [1.807, 2.05) is 0 Å². The molecule has 2 saturated heterocycles. The van der Waals surface area contributed by atoms with Gasteiger partial charge in [-0.25, -0.2) is 9.97 Å². The van der Waals surface area contributed by atoms with Crippen LogP contribution in [0.1, 0.15) is 38.1 Å². The minimum absolute atomic E-state index is 0. The number of hydrogen-bond acceptors (Lipinski definition) is 14. The SMILES string of the molecule is C#C[C@@]1(CO)CC[C@H](n2cnc3c(N)nc(F)nc32)O1.C#C[C@@]1(CO[PH+]=O)CC[C@H](n2cnc3c(N)nc(F)nc32)O1.[Na+].[OH-]. The Morgan fingerprint density at radius 3 is 1.82 bits per heavy atom. The monoisotopic (exact) mass is 641 g/mol. The van der Waals surface area contributed by atoms with Crippen LogP contribution in [-0.2, 0) is 18.6 Å². The number of anilines is 2. The average Bonchev–Trinajstić information content (AvgIpc) is 3.77. The molecule has 0 amide bonds. The first-order chi connectivity index (χ1) is 20.2. The van der Waals surface area contributed by atoms with E-state index in [-0.39, 0.29) is 71.2 Å². The number of ether oxygens (including phenoxy) is 2. The van der Waals surface area contributed by atoms with Crippen molar-refractivity contribution in [2.24, 2.45) is 0 Å². The zero-order valence-corrected chi connectivity index (χ0v) is 26.2. The van der Waals surface area contributed by atoms with Crippen LogP contribution in [0.25, 0.3) is 22.3 Å². The Balaban J connectivity index is 0.000000231. The average molecular weight is 641 g/mol. The van der Waals surface area contributed by atoms with Crippen molar-refractivity contribution in [1.29, 1.82) is 0 Å². The molecule has 226 valence electrons. The Labute approximate surface area is 271 Å². The molecule has 6 rings (SSSR count). The molecule has 16 nitrogen and oxygen atoms in total. The quantitative estimate of drug-likeness (QED) is 0.0915. The number of hydrogen-bond donors (Lipinski definition) is 3. The van der Waals surface area contributed by atoms with Gasteiger partial charge in [0.2, 0.25) is 0 Å². The second-order valence-electron chi connectivity index (χ2n) is 9.43. The molecule has 0 bridgehead atoms. The van der Waals surface area contributed by atoms with Gasteiger partial charge in [-0.15, -0.1) is 17.4 Å². The molecule has 4 aromatic rings. The number of rotatable bonds is 6. The van der Waals surface area contributed by atoms with E-state index in [1.54, 1.807) is 9.13 Å². The van der Waals surface area contributed by atoms with E-state index in [0.717, 1.165) is 0 Å². The summed E-state index contributed by atoms with van der Waals surface area (Å²) in [7, 11) is -0.917. The summed E-state index contributed by atoms with van der Waals surface area (Å²) in [5.41, 5.74) is 10.3. The van der Waals surface area contributed by atoms with Crippen LogP contribution < -0.4 is 41.0 Å². The number of fused-ring (bicyclic) bond motifs is 2. The van der Waals surface area contributed by atoms with Crippen LogP contribution in [-0.4, -0.2) is 74.0 Å². The molecule has 0 saturated carbocycles. The van der Waals surface area contributed by atoms with E-state index >= 15 is 0 Å². The smallest absolute Gasteiger partial charge is 0.870 e. The van der Waals surface area contributed by atoms with E-state index in [0.29, 0.717) is 36.7 Å². The van der Waals surface area contributed by atoms with Gasteiger partial charge in [0.25, 0.3) is 0 Å². The van der Waals surface area contributed by atoms with E-state index in [2.05, 4.69) is 41.7 Å². The molecule has 20 heteroatoms. The molecule has 2 aliphatic heterocycles. The normalized spacial score (nSPS) is 24.2. The third-order valence-corrected chi connectivity index (χ3v) is 7.18. The van der Waals surface area contributed by atoms with Crippen LogP contribution in [0.15, 0.2) is 12.7 Å². The number of nitrogens with two attached hydrogens (primary N) is 2. The molecule has 44 heavy (non-hydrogen) atoms. The third-order valence-electron chi connectivity index (χ3n) is 6.92. The van der Waals surface area contributed by atoms with Gasteiger partial charge in [-0.1, -0.05) is 11.8 Å². The van der Waals surface area contributed by atoms with E-state index in [4.69, 9.17) is 38.3 Å². The Hall–Kier alpha value is -3.42. The largest absolute Gasteiger partial charge is 1.00 e. The molecule has 0 aliphatic carbocycles. The number of halogens is 2. The van der Waals surface area contributed by atoms with Crippen molar-refractivity contribution in [2.45, 2.75) is 49.3 Å². The minimum Gasteiger partial charge on any atom is -0.870 e. The van der Waals surface area contributed by atoms with Gasteiger partial charge < -0.3 is 31.5 Å². The molecule has 0 aromatic carbocycles. The van der Waals surface area contributed by atoms with Crippen LogP contribution in [0, 0.1) is 36.8 Å². The number of imidazole rings is 2. The predicted octanol–water partition coefficient (Wildman–Crippen LogP) is -1.77. The summed E-state index contributed by atoms with van der Waals surface area (Å²) in [5.74, 6) is 4.90. The molecule has 4 aromatic heterocycles. The van der Waals surface area contributed by atoms with E-state index in [9.17, 15) is 18.5 Å². The summed E-state index contributed by atoms with van der Waals surface area (Å²) in [6.07, 6.45) is 13.0. The zero-order chi connectivity index (χ0) is 30.1. The first-order valence-corrected chi connectivity index (χ1v) is 13.2. The summed E-state index contributed by atoms with van der Waals surface area (Å²) in [4.78, 5) is 22.4. The molecule has 6 N–H and O–H groups in total. The van der Waals surface area contributed by atoms with Crippen molar-refractivity contribution in [3.8, 4) is 24.7 Å². The molecule has 5 atom stereocenters. The van der Waals surface area contributed by atoms with Crippen LogP contribution in [0.5, 0.6) is 0 Å². The van der Waals surface area contributed by atoms with Gasteiger partial charge in [-0.2, -0.15) is 28.7 Å². The first-order valence-electron chi connectivity index (χ1n) is 12.4. The molecule has 0 radical (unpaired) electrons. The number of aliphatic hydroxyl groups is 1. The Morgan fingerprint density at radius 2 is 1.41 bits per heavy atom. The fourth-order valence-corrected chi connectivity index (χ4v) is 5.06. The number of terminal acetylenes is 2. The number of aliphatic hydroxyl groups excluding tert-OH is 1. The molecule has 1 unspecified atom stereocenters. The van der Waals surface area contributed by atoms with Gasteiger partial charge in [0.15, 0.2) is 45.2 Å². The maximum Gasteiger partial charge on any atom is 1.00 e. The third kappa shape index (κ3) is 6.64. The first kappa shape index (κ1) is 35.1. The molecule has 6 heterocycles. The maximum atomic E-state index is 13.4. The summed E-state index contributed by atoms with van der Waals surface area (Å²) in [5, 5.41) is 9.34. The predicted molar refractivity (Wildman–Crippen MR) is 145 cm³/mol. The number of nitrogen functional groups attached to an aromatic ring is 2. The van der Waals surface area contributed by atoms with Gasteiger partial charge in [-0.05, 0) is 30.2 Å². The van der Waals surface area contributed by atoms with Crippen molar-refractivity contribution in [2.75, 3.05) is 24.7 Å². The van der Waals surface area contributed by atoms with Crippen LogP contribution in [0.3, 0.4) is 0 Å². The van der Waals surface area contributed by atoms with Gasteiger partial charge in [-0.3, -0.25) is 9.13 Å². The summed E-state index contributed by atoms with van der Waals surface area (Å²) < 4.78 is 56.6. The summed E-state index contributed by atoms with van der Waals surface area (Å²) >= 11 is 0. The summed E-state index contributed by atoms with van der Waals surface area (Å²) in [6.45, 7) is -0.266.